The molecule has 0 radical (unpaired) electrons. The third-order valence-electron chi connectivity index (χ3n) is 4.95. The number of aromatic nitrogens is 3. The van der Waals surface area contributed by atoms with Crippen molar-refractivity contribution in [1.82, 2.24) is 20.5 Å². The van der Waals surface area contributed by atoms with Crippen LogP contribution < -0.4 is 5.32 Å². The van der Waals surface area contributed by atoms with Crippen molar-refractivity contribution in [2.75, 3.05) is 0 Å². The minimum atomic E-state index is -1.10. The molecule has 140 valence electrons. The van der Waals surface area contributed by atoms with E-state index in [0.29, 0.717) is 11.3 Å². The zero-order valence-electron chi connectivity index (χ0n) is 15.0. The number of amides is 1. The van der Waals surface area contributed by atoms with Crippen molar-refractivity contribution >= 4 is 16.8 Å². The Labute approximate surface area is 155 Å². The van der Waals surface area contributed by atoms with Gasteiger partial charge in [0.15, 0.2) is 0 Å². The second-order valence-electron chi connectivity index (χ2n) is 7.29. The van der Waals surface area contributed by atoms with Crippen molar-refractivity contribution in [2.24, 2.45) is 5.92 Å². The quantitative estimate of drug-likeness (QED) is 0.672. The third-order valence-corrected chi connectivity index (χ3v) is 4.95. The van der Waals surface area contributed by atoms with Gasteiger partial charge >= 0.3 is 0 Å². The van der Waals surface area contributed by atoms with Crippen molar-refractivity contribution in [3.8, 4) is 0 Å². The topological polar surface area (TPSA) is 70.7 Å². The standard InChI is InChI=1S/C20H20F2N4O/c1-10(2)13-5-6-16(24-19(13)22)18(25-20(27)14-8-15(14)21)11-3-4-12-9-23-26-17(12)7-11/h3-7,9-10,14-15,18H,8H2,1-2H3,(H,23,26)(H,25,27)/t14-,15-,18?/m0/s1. The Hall–Kier alpha value is -2.83. The van der Waals surface area contributed by atoms with Gasteiger partial charge in [-0.2, -0.15) is 9.49 Å². The second-order valence-corrected chi connectivity index (χ2v) is 7.29. The number of nitrogens with zero attached hydrogens (tertiary/aromatic N) is 2. The number of hydrogen-bond donors (Lipinski definition) is 2. The van der Waals surface area contributed by atoms with E-state index in [-0.39, 0.29) is 18.2 Å². The minimum Gasteiger partial charge on any atom is -0.343 e. The van der Waals surface area contributed by atoms with E-state index in [0.717, 1.165) is 16.5 Å². The van der Waals surface area contributed by atoms with Crippen LogP contribution >= 0.6 is 0 Å². The van der Waals surface area contributed by atoms with Gasteiger partial charge in [0, 0.05) is 10.9 Å². The Morgan fingerprint density at radius 3 is 2.74 bits per heavy atom. The maximum absolute atomic E-state index is 14.5. The number of rotatable bonds is 5. The number of fused-ring (bicyclic) bond motifs is 1. The molecule has 2 N–H and O–H groups in total. The van der Waals surface area contributed by atoms with Gasteiger partial charge in [-0.1, -0.05) is 32.0 Å². The van der Waals surface area contributed by atoms with Crippen molar-refractivity contribution in [3.05, 3.63) is 59.3 Å². The Balaban J connectivity index is 1.73. The molecule has 1 saturated carbocycles. The van der Waals surface area contributed by atoms with E-state index in [4.69, 9.17) is 0 Å². The number of benzene rings is 1. The van der Waals surface area contributed by atoms with Crippen molar-refractivity contribution in [1.29, 1.82) is 0 Å². The Morgan fingerprint density at radius 2 is 2.07 bits per heavy atom. The first-order valence-electron chi connectivity index (χ1n) is 8.98. The normalized spacial score (nSPS) is 20.0. The molecule has 0 spiro atoms. The van der Waals surface area contributed by atoms with E-state index >= 15 is 0 Å². The highest BCUT2D eigenvalue weighted by Gasteiger charge is 2.44. The van der Waals surface area contributed by atoms with Gasteiger partial charge in [-0.3, -0.25) is 9.89 Å². The van der Waals surface area contributed by atoms with Crippen LogP contribution in [0.15, 0.2) is 36.5 Å². The first kappa shape index (κ1) is 17.6. The number of nitrogens with one attached hydrogen (secondary N) is 2. The molecule has 5 nitrogen and oxygen atoms in total. The zero-order valence-corrected chi connectivity index (χ0v) is 15.0. The van der Waals surface area contributed by atoms with Gasteiger partial charge in [0.1, 0.15) is 6.17 Å². The summed E-state index contributed by atoms with van der Waals surface area (Å²) in [5.74, 6) is -1.57. The summed E-state index contributed by atoms with van der Waals surface area (Å²) in [5.41, 5.74) is 2.40. The minimum absolute atomic E-state index is 0.000283. The maximum Gasteiger partial charge on any atom is 0.226 e. The first-order valence-corrected chi connectivity index (χ1v) is 8.98. The van der Waals surface area contributed by atoms with Crippen LogP contribution in [0.1, 0.15) is 49.0 Å². The van der Waals surface area contributed by atoms with Gasteiger partial charge in [-0.15, -0.1) is 0 Å². The molecule has 2 aromatic heterocycles. The van der Waals surface area contributed by atoms with Crippen molar-refractivity contribution in [3.63, 3.8) is 0 Å². The molecular weight excluding hydrogens is 350 g/mol. The molecule has 0 aliphatic heterocycles. The first-order chi connectivity index (χ1) is 12.9. The second kappa shape index (κ2) is 6.72. The molecule has 1 amide bonds. The molecule has 3 atom stereocenters. The average Bonchev–Trinajstić information content (AvgIpc) is 3.18. The largest absolute Gasteiger partial charge is 0.343 e. The smallest absolute Gasteiger partial charge is 0.226 e. The summed E-state index contributed by atoms with van der Waals surface area (Å²) in [6.07, 6.45) is 0.820. The van der Waals surface area contributed by atoms with Gasteiger partial charge in [0.05, 0.1) is 29.4 Å². The van der Waals surface area contributed by atoms with Crippen molar-refractivity contribution in [2.45, 2.75) is 38.4 Å². The van der Waals surface area contributed by atoms with Crippen LogP contribution in [0.4, 0.5) is 8.78 Å². The van der Waals surface area contributed by atoms with Crippen LogP contribution in [-0.4, -0.2) is 27.3 Å². The molecule has 1 fully saturated rings. The SMILES string of the molecule is CC(C)c1ccc(C(NC(=O)[C@H]2C[C@@H]2F)c2ccc3cn[nH]c3c2)nc1F. The molecule has 1 aliphatic carbocycles. The molecule has 27 heavy (non-hydrogen) atoms. The van der Waals surface area contributed by atoms with E-state index in [2.05, 4.69) is 20.5 Å². The lowest BCUT2D eigenvalue weighted by molar-refractivity contribution is -0.123. The van der Waals surface area contributed by atoms with Crippen LogP contribution in [0.5, 0.6) is 0 Å². The fraction of sp³-hybridized carbons (Fsp3) is 0.350. The van der Waals surface area contributed by atoms with Gasteiger partial charge in [-0.05, 0) is 30.0 Å². The summed E-state index contributed by atoms with van der Waals surface area (Å²) in [6, 6.07) is 8.25. The highest BCUT2D eigenvalue weighted by atomic mass is 19.1. The van der Waals surface area contributed by atoms with Crippen LogP contribution in [0.2, 0.25) is 0 Å². The van der Waals surface area contributed by atoms with Gasteiger partial charge in [0.2, 0.25) is 11.9 Å². The summed E-state index contributed by atoms with van der Waals surface area (Å²) >= 11 is 0. The summed E-state index contributed by atoms with van der Waals surface area (Å²) in [7, 11) is 0. The number of hydrogen-bond acceptors (Lipinski definition) is 3. The lowest BCUT2D eigenvalue weighted by Gasteiger charge is -2.20. The highest BCUT2D eigenvalue weighted by Crippen LogP contribution is 2.35. The Bertz CT molecular complexity index is 1000. The van der Waals surface area contributed by atoms with Crippen LogP contribution in [-0.2, 0) is 4.79 Å². The number of aromatic amines is 1. The van der Waals surface area contributed by atoms with E-state index in [1.165, 1.54) is 0 Å². The van der Waals surface area contributed by atoms with E-state index in [9.17, 15) is 13.6 Å². The monoisotopic (exact) mass is 370 g/mol. The molecular formula is C20H20F2N4O. The summed E-state index contributed by atoms with van der Waals surface area (Å²) in [4.78, 5) is 16.4. The zero-order chi connectivity index (χ0) is 19.1. The van der Waals surface area contributed by atoms with Crippen LogP contribution in [0.3, 0.4) is 0 Å². The number of carbonyl (C=O) groups is 1. The van der Waals surface area contributed by atoms with E-state index < -0.39 is 24.1 Å². The third kappa shape index (κ3) is 3.41. The maximum atomic E-state index is 14.5. The summed E-state index contributed by atoms with van der Waals surface area (Å²) in [5, 5.41) is 10.6. The molecule has 1 unspecified atom stereocenters. The number of pyridine rings is 1. The lowest BCUT2D eigenvalue weighted by Crippen LogP contribution is -2.32. The van der Waals surface area contributed by atoms with E-state index in [1.807, 2.05) is 32.0 Å². The van der Waals surface area contributed by atoms with Crippen LogP contribution in [0.25, 0.3) is 10.9 Å². The fourth-order valence-electron chi connectivity index (χ4n) is 3.20. The van der Waals surface area contributed by atoms with Gasteiger partial charge < -0.3 is 5.32 Å². The van der Waals surface area contributed by atoms with Gasteiger partial charge in [-0.25, -0.2) is 9.37 Å². The average molecular weight is 370 g/mol. The molecule has 3 aromatic rings. The molecule has 4 rings (SSSR count). The van der Waals surface area contributed by atoms with Gasteiger partial charge in [0.25, 0.3) is 0 Å². The predicted octanol–water partition coefficient (Wildman–Crippen LogP) is 3.78. The number of carbonyl (C=O) groups excluding carboxylic acids is 1. The van der Waals surface area contributed by atoms with E-state index in [1.54, 1.807) is 18.3 Å². The molecule has 1 aliphatic rings. The fourth-order valence-corrected chi connectivity index (χ4v) is 3.20. The van der Waals surface area contributed by atoms with Crippen molar-refractivity contribution < 1.29 is 13.6 Å². The van der Waals surface area contributed by atoms with Crippen LogP contribution in [0, 0.1) is 11.9 Å². The lowest BCUT2D eigenvalue weighted by atomic mass is 9.99. The number of alkyl halides is 1. The summed E-state index contributed by atoms with van der Waals surface area (Å²) in [6.45, 7) is 3.78. The Kier molecular flexibility index (Phi) is 4.37. The highest BCUT2D eigenvalue weighted by molar-refractivity contribution is 5.83. The number of halogens is 2. The number of H-pyrrole nitrogens is 1. The predicted molar refractivity (Wildman–Crippen MR) is 97.4 cm³/mol. The molecule has 0 saturated heterocycles. The Morgan fingerprint density at radius 1 is 1.30 bits per heavy atom. The molecule has 7 heteroatoms. The molecule has 0 bridgehead atoms. The summed E-state index contributed by atoms with van der Waals surface area (Å²) < 4.78 is 27.8. The molecule has 1 aromatic carbocycles. The molecule has 2 heterocycles.